The fourth-order valence-corrected chi connectivity index (χ4v) is 2.69. The maximum absolute atomic E-state index is 13.7. The molecule has 2 aromatic carbocycles. The van der Waals surface area contributed by atoms with Crippen molar-refractivity contribution in [3.05, 3.63) is 64.5 Å². The summed E-state index contributed by atoms with van der Waals surface area (Å²) >= 11 is 0. The fourth-order valence-electron chi connectivity index (χ4n) is 2.69. The Balaban J connectivity index is 1.80. The van der Waals surface area contributed by atoms with Gasteiger partial charge >= 0.3 is 0 Å². The van der Waals surface area contributed by atoms with Crippen LogP contribution < -0.4 is 16.2 Å². The number of hydrogen-bond acceptors (Lipinski definition) is 4. The molecule has 3 aromatic rings. The number of anilines is 2. The highest BCUT2D eigenvalue weighted by molar-refractivity contribution is 5.93. The van der Waals surface area contributed by atoms with Crippen LogP contribution in [0.15, 0.2) is 47.5 Å². The van der Waals surface area contributed by atoms with Gasteiger partial charge in [-0.15, -0.1) is 0 Å². The van der Waals surface area contributed by atoms with Crippen LogP contribution in [0.4, 0.5) is 15.8 Å². The lowest BCUT2D eigenvalue weighted by atomic mass is 10.1. The number of aromatic nitrogens is 2. The van der Waals surface area contributed by atoms with Crippen LogP contribution in [0, 0.1) is 12.7 Å². The number of aryl methyl sites for hydroxylation is 1. The molecule has 0 fully saturated rings. The summed E-state index contributed by atoms with van der Waals surface area (Å²) in [4.78, 5) is 40.2. The van der Waals surface area contributed by atoms with E-state index in [0.29, 0.717) is 16.6 Å². The Bertz CT molecular complexity index is 1110. The maximum Gasteiger partial charge on any atom is 0.261 e. The summed E-state index contributed by atoms with van der Waals surface area (Å²) in [6, 6.07) is 9.07. The van der Waals surface area contributed by atoms with Crippen LogP contribution in [0.1, 0.15) is 12.5 Å². The molecule has 0 saturated carbocycles. The molecule has 3 rings (SSSR count). The lowest BCUT2D eigenvalue weighted by Crippen LogP contribution is -2.28. The number of rotatable bonds is 4. The molecule has 0 aliphatic carbocycles. The van der Waals surface area contributed by atoms with Crippen molar-refractivity contribution >= 4 is 34.1 Å². The van der Waals surface area contributed by atoms with E-state index in [2.05, 4.69) is 15.6 Å². The highest BCUT2D eigenvalue weighted by Crippen LogP contribution is 2.19. The van der Waals surface area contributed by atoms with Crippen LogP contribution >= 0.6 is 0 Å². The van der Waals surface area contributed by atoms with Gasteiger partial charge in [0.15, 0.2) is 0 Å². The number of benzene rings is 2. The number of nitrogens with zero attached hydrogens (tertiary/aromatic N) is 2. The van der Waals surface area contributed by atoms with Gasteiger partial charge in [0.05, 0.1) is 22.9 Å². The molecule has 7 nitrogen and oxygen atoms in total. The zero-order valence-corrected chi connectivity index (χ0v) is 14.7. The molecule has 0 unspecified atom stereocenters. The van der Waals surface area contributed by atoms with E-state index >= 15 is 0 Å². The van der Waals surface area contributed by atoms with E-state index in [4.69, 9.17) is 0 Å². The summed E-state index contributed by atoms with van der Waals surface area (Å²) in [5.74, 6) is -1.53. The highest BCUT2D eigenvalue weighted by atomic mass is 19.1. The number of halogens is 1. The summed E-state index contributed by atoms with van der Waals surface area (Å²) in [5, 5.41) is 5.34. The standard InChI is InChI=1S/C19H17FN4O3/c1-11-4-3-5-14-18(11)21-10-24(19(14)27)9-17(26)23-13-6-7-15(20)16(8-13)22-12(2)25/h3-8,10H,9H2,1-2H3,(H,22,25)(H,23,26). The second-order valence-electron chi connectivity index (χ2n) is 6.07. The Morgan fingerprint density at radius 3 is 2.70 bits per heavy atom. The van der Waals surface area contributed by atoms with Crippen LogP contribution in [0.3, 0.4) is 0 Å². The second kappa shape index (κ2) is 7.36. The molecule has 0 saturated heterocycles. The molecule has 8 heteroatoms. The average Bonchev–Trinajstić information content (AvgIpc) is 2.60. The first-order valence-electron chi connectivity index (χ1n) is 8.17. The van der Waals surface area contributed by atoms with E-state index < -0.39 is 17.6 Å². The molecular weight excluding hydrogens is 351 g/mol. The van der Waals surface area contributed by atoms with Crippen LogP contribution in [0.2, 0.25) is 0 Å². The van der Waals surface area contributed by atoms with Crippen LogP contribution in [0.25, 0.3) is 10.9 Å². The third-order valence-electron chi connectivity index (χ3n) is 3.93. The molecule has 27 heavy (non-hydrogen) atoms. The van der Waals surface area contributed by atoms with E-state index in [1.54, 1.807) is 12.1 Å². The third kappa shape index (κ3) is 4.00. The van der Waals surface area contributed by atoms with Crippen molar-refractivity contribution in [1.82, 2.24) is 9.55 Å². The van der Waals surface area contributed by atoms with Gasteiger partial charge in [-0.2, -0.15) is 0 Å². The Kier molecular flexibility index (Phi) is 4.98. The quantitative estimate of drug-likeness (QED) is 0.740. The van der Waals surface area contributed by atoms with Gasteiger partial charge in [0.2, 0.25) is 11.8 Å². The Hall–Kier alpha value is -3.55. The van der Waals surface area contributed by atoms with Crippen LogP contribution in [-0.2, 0) is 16.1 Å². The second-order valence-corrected chi connectivity index (χ2v) is 6.07. The van der Waals surface area contributed by atoms with Gasteiger partial charge in [0, 0.05) is 12.6 Å². The van der Waals surface area contributed by atoms with Crippen molar-refractivity contribution in [3.8, 4) is 0 Å². The Morgan fingerprint density at radius 1 is 1.19 bits per heavy atom. The van der Waals surface area contributed by atoms with E-state index in [1.165, 1.54) is 30.0 Å². The lowest BCUT2D eigenvalue weighted by Gasteiger charge is -2.10. The average molecular weight is 368 g/mol. The molecule has 1 heterocycles. The van der Waals surface area contributed by atoms with Crippen molar-refractivity contribution in [2.45, 2.75) is 20.4 Å². The topological polar surface area (TPSA) is 93.1 Å². The first-order valence-corrected chi connectivity index (χ1v) is 8.17. The zero-order valence-electron chi connectivity index (χ0n) is 14.7. The van der Waals surface area contributed by atoms with Crippen LogP contribution in [0.5, 0.6) is 0 Å². The highest BCUT2D eigenvalue weighted by Gasteiger charge is 2.11. The molecule has 138 valence electrons. The molecule has 2 amide bonds. The predicted molar refractivity (Wildman–Crippen MR) is 100 cm³/mol. The minimum atomic E-state index is -0.617. The number of amides is 2. The van der Waals surface area contributed by atoms with Crippen molar-refractivity contribution < 1.29 is 14.0 Å². The molecule has 0 aliphatic rings. The molecule has 0 bridgehead atoms. The molecular formula is C19H17FN4O3. The number of carbonyl (C=O) groups excluding carboxylic acids is 2. The van der Waals surface area contributed by atoms with E-state index in [1.807, 2.05) is 13.0 Å². The first kappa shape index (κ1) is 18.2. The maximum atomic E-state index is 13.7. The molecule has 0 radical (unpaired) electrons. The third-order valence-corrected chi connectivity index (χ3v) is 3.93. The fraction of sp³-hybridized carbons (Fsp3) is 0.158. The largest absolute Gasteiger partial charge is 0.324 e. The smallest absolute Gasteiger partial charge is 0.261 e. The minimum absolute atomic E-state index is 0.0414. The van der Waals surface area contributed by atoms with E-state index in [0.717, 1.165) is 11.6 Å². The number of fused-ring (bicyclic) bond motifs is 1. The van der Waals surface area contributed by atoms with Crippen molar-refractivity contribution in [2.24, 2.45) is 0 Å². The summed E-state index contributed by atoms with van der Waals surface area (Å²) in [6.07, 6.45) is 1.32. The van der Waals surface area contributed by atoms with Crippen molar-refractivity contribution in [3.63, 3.8) is 0 Å². The number of carbonyl (C=O) groups is 2. The summed E-state index contributed by atoms with van der Waals surface area (Å²) < 4.78 is 14.9. The first-order chi connectivity index (χ1) is 12.8. The Morgan fingerprint density at radius 2 is 1.96 bits per heavy atom. The molecule has 0 aliphatic heterocycles. The van der Waals surface area contributed by atoms with Crippen LogP contribution in [-0.4, -0.2) is 21.4 Å². The summed E-state index contributed by atoms with van der Waals surface area (Å²) in [5.41, 5.74) is 1.40. The summed E-state index contributed by atoms with van der Waals surface area (Å²) in [7, 11) is 0. The zero-order chi connectivity index (χ0) is 19.6. The van der Waals surface area contributed by atoms with Crippen molar-refractivity contribution in [1.29, 1.82) is 0 Å². The predicted octanol–water partition coefficient (Wildman–Crippen LogP) is 2.44. The number of nitrogens with one attached hydrogen (secondary N) is 2. The Labute approximate surface area is 153 Å². The van der Waals surface area contributed by atoms with E-state index in [-0.39, 0.29) is 17.8 Å². The minimum Gasteiger partial charge on any atom is -0.324 e. The van der Waals surface area contributed by atoms with Gasteiger partial charge in [0.1, 0.15) is 12.4 Å². The SMILES string of the molecule is CC(=O)Nc1cc(NC(=O)Cn2cnc3c(C)cccc3c2=O)ccc1F. The lowest BCUT2D eigenvalue weighted by molar-refractivity contribution is -0.117. The molecule has 1 aromatic heterocycles. The van der Waals surface area contributed by atoms with Gasteiger partial charge in [-0.1, -0.05) is 12.1 Å². The van der Waals surface area contributed by atoms with Crippen molar-refractivity contribution in [2.75, 3.05) is 10.6 Å². The molecule has 0 spiro atoms. The molecule has 0 atom stereocenters. The monoisotopic (exact) mass is 368 g/mol. The van der Waals surface area contributed by atoms with Gasteiger partial charge in [-0.25, -0.2) is 9.37 Å². The van der Waals surface area contributed by atoms with E-state index in [9.17, 15) is 18.8 Å². The normalized spacial score (nSPS) is 10.6. The van der Waals surface area contributed by atoms with Gasteiger partial charge < -0.3 is 10.6 Å². The number of para-hydroxylation sites is 1. The van der Waals surface area contributed by atoms with Gasteiger partial charge in [0.25, 0.3) is 5.56 Å². The van der Waals surface area contributed by atoms with Gasteiger partial charge in [-0.05, 0) is 36.8 Å². The molecule has 2 N–H and O–H groups in total. The van der Waals surface area contributed by atoms with Gasteiger partial charge in [-0.3, -0.25) is 19.0 Å². The number of hydrogen-bond donors (Lipinski definition) is 2. The summed E-state index contributed by atoms with van der Waals surface area (Å²) in [6.45, 7) is 2.86.